The van der Waals surface area contributed by atoms with Gasteiger partial charge in [-0.25, -0.2) is 0 Å². The fourth-order valence-electron chi connectivity index (χ4n) is 3.81. The minimum atomic E-state index is -0.388. The first-order valence-electron chi connectivity index (χ1n) is 9.81. The van der Waals surface area contributed by atoms with Gasteiger partial charge in [0.1, 0.15) is 0 Å². The third kappa shape index (κ3) is 4.61. The monoisotopic (exact) mass is 405 g/mol. The van der Waals surface area contributed by atoms with E-state index in [2.05, 4.69) is 46.2 Å². The van der Waals surface area contributed by atoms with Crippen molar-refractivity contribution < 1.29 is 4.79 Å². The smallest absolute Gasteiger partial charge is 0.248 e. The number of amides is 1. The van der Waals surface area contributed by atoms with Crippen LogP contribution in [0, 0.1) is 0 Å². The number of hydrogen-bond donors (Lipinski definition) is 1. The van der Waals surface area contributed by atoms with Gasteiger partial charge in [0.05, 0.1) is 0 Å². The van der Waals surface area contributed by atoms with E-state index in [9.17, 15) is 4.79 Å². The first kappa shape index (κ1) is 19.5. The summed E-state index contributed by atoms with van der Waals surface area (Å²) in [6.07, 6.45) is 0. The van der Waals surface area contributed by atoms with Gasteiger partial charge < -0.3 is 10.6 Å². The summed E-state index contributed by atoms with van der Waals surface area (Å²) >= 11 is 6.05. The second-order valence-electron chi connectivity index (χ2n) is 7.34. The lowest BCUT2D eigenvalue weighted by atomic mass is 9.99. The van der Waals surface area contributed by atoms with E-state index in [0.29, 0.717) is 5.56 Å². The molecule has 1 saturated heterocycles. The molecule has 0 aliphatic carbocycles. The van der Waals surface area contributed by atoms with Crippen LogP contribution in [0.5, 0.6) is 0 Å². The van der Waals surface area contributed by atoms with Gasteiger partial charge in [-0.1, -0.05) is 48.0 Å². The molecule has 0 bridgehead atoms. The Morgan fingerprint density at radius 3 is 2.17 bits per heavy atom. The summed E-state index contributed by atoms with van der Waals surface area (Å²) in [6.45, 7) is 4.82. The molecule has 1 aliphatic heterocycles. The lowest BCUT2D eigenvalue weighted by Crippen LogP contribution is -2.46. The molecule has 148 valence electrons. The van der Waals surface area contributed by atoms with Crippen LogP contribution >= 0.6 is 11.6 Å². The minimum Gasteiger partial charge on any atom is -0.369 e. The number of benzene rings is 3. The molecule has 3 aromatic rings. The minimum absolute atomic E-state index is 0.388. The van der Waals surface area contributed by atoms with E-state index in [4.69, 9.17) is 17.3 Å². The lowest BCUT2D eigenvalue weighted by molar-refractivity contribution is 0.100. The molecule has 0 atom stereocenters. The summed E-state index contributed by atoms with van der Waals surface area (Å²) in [4.78, 5) is 16.1. The molecule has 3 aromatic carbocycles. The number of anilines is 1. The average Bonchev–Trinajstić information content (AvgIpc) is 2.75. The quantitative estimate of drug-likeness (QED) is 0.683. The van der Waals surface area contributed by atoms with Crippen LogP contribution in [0.4, 0.5) is 5.69 Å². The normalized spacial score (nSPS) is 14.7. The van der Waals surface area contributed by atoms with Crippen molar-refractivity contribution in [2.45, 2.75) is 6.54 Å². The summed E-state index contributed by atoms with van der Waals surface area (Å²) < 4.78 is 0. The average molecular weight is 406 g/mol. The van der Waals surface area contributed by atoms with Crippen LogP contribution in [-0.4, -0.2) is 37.0 Å². The predicted molar refractivity (Wildman–Crippen MR) is 119 cm³/mol. The summed E-state index contributed by atoms with van der Waals surface area (Å²) in [5.41, 5.74) is 10.8. The fraction of sp³-hybridized carbons (Fsp3) is 0.208. The third-order valence-electron chi connectivity index (χ3n) is 5.46. The van der Waals surface area contributed by atoms with Gasteiger partial charge in [-0.15, -0.1) is 0 Å². The number of carbonyl (C=O) groups excluding carboxylic acids is 1. The van der Waals surface area contributed by atoms with Crippen LogP contribution in [0.3, 0.4) is 0 Å². The molecular weight excluding hydrogens is 382 g/mol. The van der Waals surface area contributed by atoms with Gasteiger partial charge in [-0.05, 0) is 53.1 Å². The van der Waals surface area contributed by atoms with E-state index in [1.165, 1.54) is 16.7 Å². The molecular formula is C24H24ClN3O. The third-order valence-corrected chi connectivity index (χ3v) is 5.71. The predicted octanol–water partition coefficient (Wildman–Crippen LogP) is 4.43. The van der Waals surface area contributed by atoms with Gasteiger partial charge in [0.15, 0.2) is 0 Å². The Hall–Kier alpha value is -2.82. The summed E-state index contributed by atoms with van der Waals surface area (Å²) in [5, 5.41) is 0.756. The van der Waals surface area contributed by atoms with E-state index in [-0.39, 0.29) is 5.91 Å². The maximum atomic E-state index is 11.2. The number of nitrogens with two attached hydrogens (primary N) is 1. The van der Waals surface area contributed by atoms with Crippen LogP contribution in [0.15, 0.2) is 72.8 Å². The Bertz CT molecular complexity index is 978. The van der Waals surface area contributed by atoms with Crippen molar-refractivity contribution in [3.63, 3.8) is 0 Å². The first-order chi connectivity index (χ1) is 14.1. The Morgan fingerprint density at radius 1 is 0.862 bits per heavy atom. The van der Waals surface area contributed by atoms with E-state index in [1.54, 1.807) is 12.1 Å². The highest BCUT2D eigenvalue weighted by Crippen LogP contribution is 2.27. The van der Waals surface area contributed by atoms with Crippen LogP contribution in [0.2, 0.25) is 5.02 Å². The fourth-order valence-corrected chi connectivity index (χ4v) is 3.94. The SMILES string of the molecule is NC(=O)c1ccc(N2CCN(Cc3ccccc3-c3ccc(Cl)cc3)CC2)cc1. The zero-order chi connectivity index (χ0) is 20.2. The molecule has 0 spiro atoms. The van der Waals surface area contributed by atoms with Gasteiger partial charge in [0.25, 0.3) is 0 Å². The highest BCUT2D eigenvalue weighted by molar-refractivity contribution is 6.30. The van der Waals surface area contributed by atoms with E-state index < -0.39 is 0 Å². The standard InChI is InChI=1S/C24H24ClN3O/c25-21-9-5-18(6-10-21)23-4-2-1-3-20(23)17-27-13-15-28(16-14-27)22-11-7-19(8-12-22)24(26)29/h1-12H,13-17H2,(H2,26,29). The van der Waals surface area contributed by atoms with E-state index in [1.807, 2.05) is 24.3 Å². The van der Waals surface area contributed by atoms with Crippen molar-refractivity contribution in [3.8, 4) is 11.1 Å². The highest BCUT2D eigenvalue weighted by Gasteiger charge is 2.18. The largest absolute Gasteiger partial charge is 0.369 e. The summed E-state index contributed by atoms with van der Waals surface area (Å²) in [6, 6.07) is 24.2. The molecule has 0 radical (unpaired) electrons. The summed E-state index contributed by atoms with van der Waals surface area (Å²) in [5.74, 6) is -0.388. The molecule has 1 fully saturated rings. The Labute approximate surface area is 176 Å². The molecule has 5 heteroatoms. The molecule has 1 aliphatic rings. The van der Waals surface area contributed by atoms with Crippen LogP contribution < -0.4 is 10.6 Å². The second kappa shape index (κ2) is 8.68. The molecule has 0 aromatic heterocycles. The molecule has 1 heterocycles. The first-order valence-corrected chi connectivity index (χ1v) is 10.2. The van der Waals surface area contributed by atoms with Gasteiger partial charge in [-0.3, -0.25) is 9.69 Å². The number of primary amides is 1. The zero-order valence-electron chi connectivity index (χ0n) is 16.2. The van der Waals surface area contributed by atoms with Crippen molar-refractivity contribution >= 4 is 23.2 Å². The van der Waals surface area contributed by atoms with Crippen molar-refractivity contribution in [1.82, 2.24) is 4.90 Å². The number of carbonyl (C=O) groups is 1. The Balaban J connectivity index is 1.41. The summed E-state index contributed by atoms with van der Waals surface area (Å²) in [7, 11) is 0. The number of halogens is 1. The molecule has 4 nitrogen and oxygen atoms in total. The molecule has 2 N–H and O–H groups in total. The van der Waals surface area contributed by atoms with Crippen molar-refractivity contribution in [2.24, 2.45) is 5.73 Å². The number of rotatable bonds is 5. The van der Waals surface area contributed by atoms with Gasteiger partial charge in [0, 0.05) is 49.0 Å². The maximum Gasteiger partial charge on any atom is 0.248 e. The molecule has 4 rings (SSSR count). The molecule has 0 saturated carbocycles. The zero-order valence-corrected chi connectivity index (χ0v) is 17.0. The van der Waals surface area contributed by atoms with Crippen LogP contribution in [0.1, 0.15) is 15.9 Å². The second-order valence-corrected chi connectivity index (χ2v) is 7.77. The highest BCUT2D eigenvalue weighted by atomic mass is 35.5. The molecule has 1 amide bonds. The van der Waals surface area contributed by atoms with Crippen molar-refractivity contribution in [2.75, 3.05) is 31.1 Å². The van der Waals surface area contributed by atoms with Gasteiger partial charge in [0.2, 0.25) is 5.91 Å². The topological polar surface area (TPSA) is 49.6 Å². The van der Waals surface area contributed by atoms with E-state index >= 15 is 0 Å². The number of piperazine rings is 1. The molecule has 29 heavy (non-hydrogen) atoms. The number of hydrogen-bond acceptors (Lipinski definition) is 3. The van der Waals surface area contributed by atoms with Gasteiger partial charge in [-0.2, -0.15) is 0 Å². The molecule has 0 unspecified atom stereocenters. The Morgan fingerprint density at radius 2 is 1.52 bits per heavy atom. The van der Waals surface area contributed by atoms with Crippen LogP contribution in [-0.2, 0) is 6.54 Å². The number of nitrogens with zero attached hydrogens (tertiary/aromatic N) is 2. The van der Waals surface area contributed by atoms with Crippen molar-refractivity contribution in [3.05, 3.63) is 88.9 Å². The van der Waals surface area contributed by atoms with E-state index in [0.717, 1.165) is 43.4 Å². The van der Waals surface area contributed by atoms with Gasteiger partial charge >= 0.3 is 0 Å². The lowest BCUT2D eigenvalue weighted by Gasteiger charge is -2.36. The van der Waals surface area contributed by atoms with Crippen LogP contribution in [0.25, 0.3) is 11.1 Å². The maximum absolute atomic E-state index is 11.2. The van der Waals surface area contributed by atoms with Crippen molar-refractivity contribution in [1.29, 1.82) is 0 Å². The Kier molecular flexibility index (Phi) is 5.84.